The number of nitrogens with one attached hydrogen (secondary N) is 1. The van der Waals surface area contributed by atoms with Gasteiger partial charge in [-0.15, -0.1) is 0 Å². The lowest BCUT2D eigenvalue weighted by Gasteiger charge is -2.40. The van der Waals surface area contributed by atoms with E-state index in [0.29, 0.717) is 35.5 Å². The summed E-state index contributed by atoms with van der Waals surface area (Å²) in [7, 11) is 0. The number of benzene rings is 1. The fraction of sp³-hybridized carbons (Fsp3) is 0.320. The third-order valence-corrected chi connectivity index (χ3v) is 6.94. The molecule has 0 radical (unpaired) electrons. The van der Waals surface area contributed by atoms with Crippen LogP contribution in [-0.4, -0.2) is 52.3 Å². The molecule has 1 saturated heterocycles. The van der Waals surface area contributed by atoms with E-state index in [1.54, 1.807) is 29.3 Å². The van der Waals surface area contributed by atoms with Crippen LogP contribution in [0.15, 0.2) is 59.5 Å². The molecule has 178 valence electrons. The summed E-state index contributed by atoms with van der Waals surface area (Å²) < 4.78 is 6.18. The molecule has 1 N–H and O–H groups in total. The smallest absolute Gasteiger partial charge is 0.261 e. The van der Waals surface area contributed by atoms with E-state index >= 15 is 0 Å². The predicted octanol–water partition coefficient (Wildman–Crippen LogP) is 4.18. The van der Waals surface area contributed by atoms with Gasteiger partial charge in [-0.05, 0) is 41.3 Å². The van der Waals surface area contributed by atoms with Gasteiger partial charge in [0.05, 0.1) is 4.34 Å². The monoisotopic (exact) mass is 499 g/mol. The highest BCUT2D eigenvalue weighted by Crippen LogP contribution is 2.28. The number of aromatic nitrogens is 1. The Balaban J connectivity index is 1.39. The van der Waals surface area contributed by atoms with E-state index in [-0.39, 0.29) is 24.0 Å². The first kappa shape index (κ1) is 24.0. The van der Waals surface area contributed by atoms with Crippen molar-refractivity contribution in [1.29, 1.82) is 0 Å². The zero-order valence-corrected chi connectivity index (χ0v) is 20.4. The lowest BCUT2D eigenvalue weighted by Crippen LogP contribution is -2.59. The Morgan fingerprint density at radius 2 is 1.85 bits per heavy atom. The van der Waals surface area contributed by atoms with E-state index in [9.17, 15) is 14.4 Å². The minimum atomic E-state index is -0.484. The second-order valence-corrected chi connectivity index (χ2v) is 9.81. The highest BCUT2D eigenvalue weighted by atomic mass is 35.5. The van der Waals surface area contributed by atoms with E-state index in [4.69, 9.17) is 16.3 Å². The fourth-order valence-electron chi connectivity index (χ4n) is 4.05. The summed E-state index contributed by atoms with van der Waals surface area (Å²) in [6.07, 6.45) is 3.09. The van der Waals surface area contributed by atoms with Crippen LogP contribution in [0.25, 0.3) is 11.1 Å². The van der Waals surface area contributed by atoms with E-state index in [0.717, 1.165) is 23.1 Å². The number of hydrogen-bond acceptors (Lipinski definition) is 5. The van der Waals surface area contributed by atoms with E-state index in [1.165, 1.54) is 17.4 Å². The van der Waals surface area contributed by atoms with Gasteiger partial charge in [0, 0.05) is 31.9 Å². The van der Waals surface area contributed by atoms with Crippen LogP contribution in [0.5, 0.6) is 5.06 Å². The number of pyridine rings is 1. The molecule has 0 aliphatic carbocycles. The maximum absolute atomic E-state index is 13.3. The molecule has 1 aliphatic rings. The highest BCUT2D eigenvalue weighted by Gasteiger charge is 2.36. The normalized spacial score (nSPS) is 16.1. The Hall–Kier alpha value is -3.10. The van der Waals surface area contributed by atoms with Gasteiger partial charge in [0.15, 0.2) is 11.7 Å². The van der Waals surface area contributed by atoms with E-state index < -0.39 is 6.04 Å². The molecule has 1 fully saturated rings. The van der Waals surface area contributed by atoms with Gasteiger partial charge in [-0.1, -0.05) is 60.5 Å². The highest BCUT2D eigenvalue weighted by molar-refractivity contribution is 7.17. The number of halogens is 1. The van der Waals surface area contributed by atoms with Gasteiger partial charge >= 0.3 is 0 Å². The van der Waals surface area contributed by atoms with Gasteiger partial charge < -0.3 is 19.5 Å². The maximum Gasteiger partial charge on any atom is 0.261 e. The number of hydrogen-bond donors (Lipinski definition) is 1. The van der Waals surface area contributed by atoms with Gasteiger partial charge in [-0.3, -0.25) is 14.4 Å². The average Bonchev–Trinajstić information content (AvgIpc) is 3.26. The summed E-state index contributed by atoms with van der Waals surface area (Å²) in [4.78, 5) is 43.5. The van der Waals surface area contributed by atoms with Crippen molar-refractivity contribution in [3.8, 4) is 16.2 Å². The SMILES string of the molecule is CCC[C@H]1C(=O)N(Cc2ccc(-c3ccc(=O)[nH]c3)cc2)CCN1C(=O)COc1ccc(Cl)s1. The quantitative estimate of drug-likeness (QED) is 0.504. The number of carbonyl (C=O) groups is 2. The van der Waals surface area contributed by atoms with Crippen molar-refractivity contribution in [1.82, 2.24) is 14.8 Å². The number of carbonyl (C=O) groups excluding carboxylic acids is 2. The van der Waals surface area contributed by atoms with Crippen molar-refractivity contribution >= 4 is 34.8 Å². The third kappa shape index (κ3) is 5.69. The van der Waals surface area contributed by atoms with Crippen molar-refractivity contribution < 1.29 is 14.3 Å². The van der Waals surface area contributed by atoms with Gasteiger partial charge in [0.25, 0.3) is 5.91 Å². The summed E-state index contributed by atoms with van der Waals surface area (Å²) in [6.45, 7) is 3.32. The predicted molar refractivity (Wildman–Crippen MR) is 133 cm³/mol. The fourth-order valence-corrected chi connectivity index (χ4v) is 4.92. The van der Waals surface area contributed by atoms with E-state index in [1.807, 2.05) is 36.1 Å². The third-order valence-electron chi connectivity index (χ3n) is 5.80. The average molecular weight is 500 g/mol. The van der Waals surface area contributed by atoms with Crippen LogP contribution in [0.1, 0.15) is 25.3 Å². The second kappa shape index (κ2) is 10.9. The lowest BCUT2D eigenvalue weighted by molar-refractivity contribution is -0.153. The van der Waals surface area contributed by atoms with Crippen molar-refractivity contribution in [3.05, 3.63) is 75.0 Å². The maximum atomic E-state index is 13.3. The zero-order chi connectivity index (χ0) is 24.1. The van der Waals surface area contributed by atoms with Crippen LogP contribution >= 0.6 is 22.9 Å². The number of H-pyrrole nitrogens is 1. The molecule has 0 bridgehead atoms. The molecule has 3 heterocycles. The lowest BCUT2D eigenvalue weighted by atomic mass is 10.0. The van der Waals surface area contributed by atoms with Gasteiger partial charge in [0.2, 0.25) is 11.5 Å². The Morgan fingerprint density at radius 1 is 1.09 bits per heavy atom. The minimum Gasteiger partial charge on any atom is -0.474 e. The van der Waals surface area contributed by atoms with Crippen molar-refractivity contribution in [2.45, 2.75) is 32.4 Å². The second-order valence-electron chi connectivity index (χ2n) is 8.14. The van der Waals surface area contributed by atoms with E-state index in [2.05, 4.69) is 4.98 Å². The van der Waals surface area contributed by atoms with Crippen LogP contribution in [0.4, 0.5) is 0 Å². The molecule has 0 unspecified atom stereocenters. The van der Waals surface area contributed by atoms with Crippen LogP contribution in [0.3, 0.4) is 0 Å². The molecule has 1 aliphatic heterocycles. The molecule has 7 nitrogen and oxygen atoms in total. The van der Waals surface area contributed by atoms with Crippen LogP contribution in [0.2, 0.25) is 4.34 Å². The van der Waals surface area contributed by atoms with Crippen molar-refractivity contribution in [2.75, 3.05) is 19.7 Å². The molecule has 0 spiro atoms. The molecule has 2 aromatic heterocycles. The first-order valence-electron chi connectivity index (χ1n) is 11.2. The molecule has 1 atom stereocenters. The van der Waals surface area contributed by atoms with Crippen molar-refractivity contribution in [3.63, 3.8) is 0 Å². The number of rotatable bonds is 8. The summed E-state index contributed by atoms with van der Waals surface area (Å²) in [6, 6.07) is 14.2. The number of ether oxygens (including phenoxy) is 1. The molecule has 2 amide bonds. The summed E-state index contributed by atoms with van der Waals surface area (Å²) in [5.74, 6) is -0.230. The summed E-state index contributed by atoms with van der Waals surface area (Å²) >= 11 is 7.19. The molecule has 0 saturated carbocycles. The molecule has 3 aromatic rings. The topological polar surface area (TPSA) is 82.7 Å². The number of aromatic amines is 1. The zero-order valence-electron chi connectivity index (χ0n) is 18.8. The number of piperazine rings is 1. The number of amides is 2. The minimum absolute atomic E-state index is 0.0367. The largest absolute Gasteiger partial charge is 0.474 e. The standard InChI is InChI=1S/C25H26ClN3O4S/c1-2-3-20-25(32)28(12-13-29(20)23(31)16-33-24-11-9-21(26)34-24)15-17-4-6-18(7-5-17)19-8-10-22(30)27-14-19/h4-11,14,20H,2-3,12-13,15-16H2,1H3,(H,27,30)/t20-/m0/s1. The molecule has 4 rings (SSSR count). The molecule has 9 heteroatoms. The number of thiophene rings is 1. The molecular formula is C25H26ClN3O4S. The first-order valence-corrected chi connectivity index (χ1v) is 12.4. The van der Waals surface area contributed by atoms with Gasteiger partial charge in [-0.25, -0.2) is 0 Å². The van der Waals surface area contributed by atoms with Crippen molar-refractivity contribution in [2.24, 2.45) is 0 Å². The number of nitrogens with zero attached hydrogens (tertiary/aromatic N) is 2. The Labute approximate surface area is 206 Å². The van der Waals surface area contributed by atoms with Gasteiger partial charge in [0.1, 0.15) is 6.04 Å². The Kier molecular flexibility index (Phi) is 7.70. The molecular weight excluding hydrogens is 474 g/mol. The Morgan fingerprint density at radius 3 is 2.50 bits per heavy atom. The molecule has 1 aromatic carbocycles. The van der Waals surface area contributed by atoms with Gasteiger partial charge in [-0.2, -0.15) is 0 Å². The summed E-state index contributed by atoms with van der Waals surface area (Å²) in [5.41, 5.74) is 2.78. The van der Waals surface area contributed by atoms with Crippen LogP contribution in [0, 0.1) is 0 Å². The van der Waals surface area contributed by atoms with Crippen LogP contribution in [-0.2, 0) is 16.1 Å². The summed E-state index contributed by atoms with van der Waals surface area (Å²) in [5, 5.41) is 0.584. The first-order chi connectivity index (χ1) is 16.4. The molecule has 34 heavy (non-hydrogen) atoms. The Bertz CT molecular complexity index is 1190. The van der Waals surface area contributed by atoms with Crippen LogP contribution < -0.4 is 10.3 Å².